The van der Waals surface area contributed by atoms with E-state index in [2.05, 4.69) is 4.90 Å². The van der Waals surface area contributed by atoms with Crippen LogP contribution in [0.3, 0.4) is 0 Å². The van der Waals surface area contributed by atoms with Crippen LogP contribution in [0, 0.1) is 5.92 Å². The van der Waals surface area contributed by atoms with E-state index in [4.69, 9.17) is 9.47 Å². The Morgan fingerprint density at radius 2 is 2.15 bits per heavy atom. The van der Waals surface area contributed by atoms with Crippen molar-refractivity contribution in [2.24, 2.45) is 5.92 Å². The fourth-order valence-corrected chi connectivity index (χ4v) is 3.16. The summed E-state index contributed by atoms with van der Waals surface area (Å²) >= 11 is 0. The van der Waals surface area contributed by atoms with Crippen molar-refractivity contribution < 1.29 is 19.4 Å². The van der Waals surface area contributed by atoms with Crippen molar-refractivity contribution in [3.63, 3.8) is 0 Å². The summed E-state index contributed by atoms with van der Waals surface area (Å²) in [7, 11) is 0. The highest BCUT2D eigenvalue weighted by molar-refractivity contribution is 5.74. The number of hydrogen-bond donors (Lipinski definition) is 1. The Labute approximate surface area is 118 Å². The Hall–Kier alpha value is -1.75. The molecule has 5 heteroatoms. The van der Waals surface area contributed by atoms with Gasteiger partial charge >= 0.3 is 5.97 Å². The molecule has 2 aliphatic rings. The van der Waals surface area contributed by atoms with Gasteiger partial charge in [-0.3, -0.25) is 9.69 Å². The van der Waals surface area contributed by atoms with Gasteiger partial charge in [0.05, 0.1) is 0 Å². The SMILES string of the molecule is CC1CCN(C(C)c2ccc3c(c2)OCO3)C1C(=O)O. The summed E-state index contributed by atoms with van der Waals surface area (Å²) in [6.45, 7) is 5.12. The van der Waals surface area contributed by atoms with Crippen molar-refractivity contribution in [3.8, 4) is 11.5 Å². The number of nitrogens with zero attached hydrogens (tertiary/aromatic N) is 1. The first-order valence-corrected chi connectivity index (χ1v) is 6.96. The summed E-state index contributed by atoms with van der Waals surface area (Å²) in [5.41, 5.74) is 1.06. The number of carboxylic acid groups (broad SMARTS) is 1. The zero-order valence-corrected chi connectivity index (χ0v) is 11.7. The molecule has 1 aromatic rings. The van der Waals surface area contributed by atoms with Crippen molar-refractivity contribution in [2.45, 2.75) is 32.4 Å². The Balaban J connectivity index is 1.85. The maximum Gasteiger partial charge on any atom is 0.321 e. The van der Waals surface area contributed by atoms with Gasteiger partial charge in [-0.2, -0.15) is 0 Å². The van der Waals surface area contributed by atoms with E-state index in [1.54, 1.807) is 0 Å². The standard InChI is InChI=1S/C15H19NO4/c1-9-5-6-16(14(9)15(17)18)10(2)11-3-4-12-13(7-11)20-8-19-12/h3-4,7,9-10,14H,5-6,8H2,1-2H3,(H,17,18). The number of ether oxygens (including phenoxy) is 2. The molecule has 20 heavy (non-hydrogen) atoms. The van der Waals surface area contributed by atoms with Gasteiger partial charge in [0.1, 0.15) is 6.04 Å². The van der Waals surface area contributed by atoms with Crippen LogP contribution in [0.1, 0.15) is 31.9 Å². The van der Waals surface area contributed by atoms with Crippen LogP contribution < -0.4 is 9.47 Å². The minimum absolute atomic E-state index is 0.0514. The van der Waals surface area contributed by atoms with Crippen LogP contribution in [0.25, 0.3) is 0 Å². The molecule has 108 valence electrons. The lowest BCUT2D eigenvalue weighted by atomic mass is 10.0. The summed E-state index contributed by atoms with van der Waals surface area (Å²) in [6.07, 6.45) is 0.922. The molecule has 5 nitrogen and oxygen atoms in total. The summed E-state index contributed by atoms with van der Waals surface area (Å²) in [4.78, 5) is 13.5. The van der Waals surface area contributed by atoms with Crippen LogP contribution in [-0.2, 0) is 4.79 Å². The molecule has 0 bridgehead atoms. The summed E-state index contributed by atoms with van der Waals surface area (Å²) in [6, 6.07) is 5.48. The average Bonchev–Trinajstić information content (AvgIpc) is 3.02. The van der Waals surface area contributed by atoms with E-state index in [9.17, 15) is 9.90 Å². The van der Waals surface area contributed by atoms with Crippen LogP contribution in [-0.4, -0.2) is 35.4 Å². The van der Waals surface area contributed by atoms with Crippen molar-refractivity contribution in [1.82, 2.24) is 4.90 Å². The van der Waals surface area contributed by atoms with Gasteiger partial charge in [-0.1, -0.05) is 13.0 Å². The summed E-state index contributed by atoms with van der Waals surface area (Å²) < 4.78 is 10.7. The number of benzene rings is 1. The molecule has 1 fully saturated rings. The molecule has 0 spiro atoms. The number of carbonyl (C=O) groups is 1. The number of fused-ring (bicyclic) bond motifs is 1. The van der Waals surface area contributed by atoms with E-state index < -0.39 is 12.0 Å². The normalized spacial score (nSPS) is 26.7. The van der Waals surface area contributed by atoms with E-state index in [0.717, 1.165) is 30.0 Å². The van der Waals surface area contributed by atoms with E-state index in [0.29, 0.717) is 0 Å². The summed E-state index contributed by atoms with van der Waals surface area (Å²) in [5, 5.41) is 9.42. The van der Waals surface area contributed by atoms with Gasteiger partial charge in [0.2, 0.25) is 6.79 Å². The first-order valence-electron chi connectivity index (χ1n) is 6.96. The maximum absolute atomic E-state index is 11.5. The Kier molecular flexibility index (Phi) is 3.30. The third-order valence-corrected chi connectivity index (χ3v) is 4.37. The third-order valence-electron chi connectivity index (χ3n) is 4.37. The first kappa shape index (κ1) is 13.2. The number of hydrogen-bond acceptors (Lipinski definition) is 4. The number of carboxylic acids is 1. The van der Waals surface area contributed by atoms with Gasteiger partial charge in [0.15, 0.2) is 11.5 Å². The second kappa shape index (κ2) is 4.98. The minimum atomic E-state index is -0.734. The van der Waals surface area contributed by atoms with Crippen molar-refractivity contribution >= 4 is 5.97 Å². The van der Waals surface area contributed by atoms with Crippen LogP contribution in [0.4, 0.5) is 0 Å². The largest absolute Gasteiger partial charge is 0.480 e. The number of likely N-dealkylation sites (tertiary alicyclic amines) is 1. The van der Waals surface area contributed by atoms with Crippen molar-refractivity contribution in [2.75, 3.05) is 13.3 Å². The number of rotatable bonds is 3. The van der Waals surface area contributed by atoms with Gasteiger partial charge in [-0.25, -0.2) is 0 Å². The maximum atomic E-state index is 11.5. The fourth-order valence-electron chi connectivity index (χ4n) is 3.16. The van der Waals surface area contributed by atoms with Crippen LogP contribution in [0.15, 0.2) is 18.2 Å². The highest BCUT2D eigenvalue weighted by atomic mass is 16.7. The zero-order chi connectivity index (χ0) is 14.3. The molecule has 3 atom stereocenters. The minimum Gasteiger partial charge on any atom is -0.480 e. The first-order chi connectivity index (χ1) is 9.58. The molecule has 1 N–H and O–H groups in total. The molecule has 1 aromatic carbocycles. The molecule has 0 aromatic heterocycles. The monoisotopic (exact) mass is 277 g/mol. The average molecular weight is 277 g/mol. The summed E-state index contributed by atoms with van der Waals surface area (Å²) in [5.74, 6) is 0.950. The van der Waals surface area contributed by atoms with Gasteiger partial charge in [-0.05, 0) is 43.5 Å². The second-order valence-electron chi connectivity index (χ2n) is 5.58. The highest BCUT2D eigenvalue weighted by Crippen LogP contribution is 2.38. The van der Waals surface area contributed by atoms with E-state index in [-0.39, 0.29) is 18.8 Å². The van der Waals surface area contributed by atoms with E-state index in [1.165, 1.54) is 0 Å². The lowest BCUT2D eigenvalue weighted by molar-refractivity contribution is -0.144. The predicted molar refractivity (Wildman–Crippen MR) is 72.9 cm³/mol. The van der Waals surface area contributed by atoms with E-state index in [1.807, 2.05) is 32.0 Å². The molecule has 0 radical (unpaired) electrons. The molecule has 0 amide bonds. The highest BCUT2D eigenvalue weighted by Gasteiger charge is 2.39. The molecule has 2 aliphatic heterocycles. The van der Waals surface area contributed by atoms with E-state index >= 15 is 0 Å². The Bertz CT molecular complexity index is 531. The van der Waals surface area contributed by atoms with Crippen LogP contribution in [0.2, 0.25) is 0 Å². The molecular weight excluding hydrogens is 258 g/mol. The molecule has 2 heterocycles. The molecular formula is C15H19NO4. The lowest BCUT2D eigenvalue weighted by Crippen LogP contribution is -2.40. The molecule has 1 saturated heterocycles. The Morgan fingerprint density at radius 1 is 1.40 bits per heavy atom. The fraction of sp³-hybridized carbons (Fsp3) is 0.533. The second-order valence-corrected chi connectivity index (χ2v) is 5.58. The quantitative estimate of drug-likeness (QED) is 0.918. The molecule has 3 unspecified atom stereocenters. The van der Waals surface area contributed by atoms with Gasteiger partial charge in [-0.15, -0.1) is 0 Å². The lowest BCUT2D eigenvalue weighted by Gasteiger charge is -2.29. The van der Waals surface area contributed by atoms with Crippen molar-refractivity contribution in [1.29, 1.82) is 0 Å². The molecule has 0 aliphatic carbocycles. The van der Waals surface area contributed by atoms with Crippen LogP contribution in [0.5, 0.6) is 11.5 Å². The van der Waals surface area contributed by atoms with Gasteiger partial charge < -0.3 is 14.6 Å². The topological polar surface area (TPSA) is 59.0 Å². The van der Waals surface area contributed by atoms with Gasteiger partial charge in [0.25, 0.3) is 0 Å². The molecule has 3 rings (SSSR count). The van der Waals surface area contributed by atoms with Gasteiger partial charge in [0, 0.05) is 6.04 Å². The smallest absolute Gasteiger partial charge is 0.321 e. The molecule has 0 saturated carbocycles. The van der Waals surface area contributed by atoms with Crippen molar-refractivity contribution in [3.05, 3.63) is 23.8 Å². The predicted octanol–water partition coefficient (Wildman–Crippen LogP) is 2.27. The Morgan fingerprint density at radius 3 is 2.90 bits per heavy atom. The van der Waals surface area contributed by atoms with Crippen LogP contribution >= 0.6 is 0 Å². The zero-order valence-electron chi connectivity index (χ0n) is 11.7. The number of aliphatic carboxylic acids is 1. The third kappa shape index (κ3) is 2.12.